The van der Waals surface area contributed by atoms with Crippen LogP contribution in [0.5, 0.6) is 5.75 Å². The first-order valence-corrected chi connectivity index (χ1v) is 7.03. The lowest BCUT2D eigenvalue weighted by atomic mass is 10.2. The number of nitrogen functional groups attached to an aromatic ring is 1. The molecule has 2 N–H and O–H groups in total. The van der Waals surface area contributed by atoms with Crippen molar-refractivity contribution in [1.29, 1.82) is 0 Å². The minimum Gasteiger partial charge on any atom is -0.497 e. The van der Waals surface area contributed by atoms with E-state index in [-0.39, 0.29) is 12.3 Å². The second-order valence-corrected chi connectivity index (χ2v) is 5.34. The van der Waals surface area contributed by atoms with Gasteiger partial charge in [0.1, 0.15) is 5.75 Å². The van der Waals surface area contributed by atoms with E-state index in [4.69, 9.17) is 10.5 Å². The molecule has 0 spiro atoms. The molecule has 0 aliphatic heterocycles. The number of nitrogens with two attached hydrogens (primary N) is 1. The van der Waals surface area contributed by atoms with Gasteiger partial charge in [-0.1, -0.05) is 12.1 Å². The number of likely N-dealkylation sites (N-methyl/N-ethyl adjacent to an activating group) is 1. The summed E-state index contributed by atoms with van der Waals surface area (Å²) in [5.41, 5.74) is 7.30. The van der Waals surface area contributed by atoms with Crippen molar-refractivity contribution in [1.82, 2.24) is 9.88 Å². The Labute approximate surface area is 122 Å². The smallest absolute Gasteiger partial charge is 0.228 e. The Morgan fingerprint density at radius 3 is 2.95 bits per heavy atom. The summed E-state index contributed by atoms with van der Waals surface area (Å²) < 4.78 is 5.17. The van der Waals surface area contributed by atoms with E-state index in [1.165, 1.54) is 11.3 Å². The lowest BCUT2D eigenvalue weighted by molar-refractivity contribution is -0.129. The van der Waals surface area contributed by atoms with Gasteiger partial charge in [0.05, 0.1) is 19.2 Å². The average molecular weight is 291 g/mol. The van der Waals surface area contributed by atoms with Crippen molar-refractivity contribution in [2.45, 2.75) is 13.0 Å². The third-order valence-corrected chi connectivity index (χ3v) is 3.60. The highest BCUT2D eigenvalue weighted by Gasteiger charge is 2.12. The van der Waals surface area contributed by atoms with E-state index < -0.39 is 0 Å². The number of aromatic nitrogens is 1. The fourth-order valence-electron chi connectivity index (χ4n) is 1.83. The SMILES string of the molecule is COc1cccc(CN(C)C(=O)Cc2csc(N)n2)c1. The van der Waals surface area contributed by atoms with E-state index in [0.29, 0.717) is 11.7 Å². The van der Waals surface area contributed by atoms with Crippen molar-refractivity contribution in [3.8, 4) is 5.75 Å². The zero-order chi connectivity index (χ0) is 14.5. The molecule has 0 bridgehead atoms. The number of carbonyl (C=O) groups excluding carboxylic acids is 1. The van der Waals surface area contributed by atoms with Crippen LogP contribution in [0.2, 0.25) is 0 Å². The van der Waals surface area contributed by atoms with Gasteiger partial charge in [0, 0.05) is 19.0 Å². The molecule has 0 radical (unpaired) electrons. The van der Waals surface area contributed by atoms with Crippen molar-refractivity contribution in [3.05, 3.63) is 40.9 Å². The average Bonchev–Trinajstić information content (AvgIpc) is 2.84. The molecule has 1 aromatic carbocycles. The summed E-state index contributed by atoms with van der Waals surface area (Å²) >= 11 is 1.35. The zero-order valence-electron chi connectivity index (χ0n) is 11.5. The second kappa shape index (κ2) is 6.38. The lowest BCUT2D eigenvalue weighted by Crippen LogP contribution is -2.27. The van der Waals surface area contributed by atoms with Gasteiger partial charge in [-0.25, -0.2) is 4.98 Å². The van der Waals surface area contributed by atoms with Crippen LogP contribution in [0.15, 0.2) is 29.6 Å². The molecular weight excluding hydrogens is 274 g/mol. The van der Waals surface area contributed by atoms with E-state index in [9.17, 15) is 4.79 Å². The van der Waals surface area contributed by atoms with E-state index in [2.05, 4.69) is 4.98 Å². The number of hydrogen-bond acceptors (Lipinski definition) is 5. The van der Waals surface area contributed by atoms with Gasteiger partial charge in [0.15, 0.2) is 5.13 Å². The first-order valence-electron chi connectivity index (χ1n) is 6.15. The molecule has 5 nitrogen and oxygen atoms in total. The molecule has 0 saturated carbocycles. The number of thiazole rings is 1. The zero-order valence-corrected chi connectivity index (χ0v) is 12.3. The van der Waals surface area contributed by atoms with Gasteiger partial charge in [-0.3, -0.25) is 4.79 Å². The monoisotopic (exact) mass is 291 g/mol. The Hall–Kier alpha value is -2.08. The molecule has 6 heteroatoms. The van der Waals surface area contributed by atoms with E-state index in [1.54, 1.807) is 19.1 Å². The normalized spacial score (nSPS) is 10.3. The first-order chi connectivity index (χ1) is 9.58. The third kappa shape index (κ3) is 3.71. The van der Waals surface area contributed by atoms with E-state index in [1.807, 2.05) is 29.6 Å². The van der Waals surface area contributed by atoms with Gasteiger partial charge in [-0.15, -0.1) is 11.3 Å². The fraction of sp³-hybridized carbons (Fsp3) is 0.286. The Balaban J connectivity index is 1.96. The summed E-state index contributed by atoms with van der Waals surface area (Å²) in [4.78, 5) is 17.9. The summed E-state index contributed by atoms with van der Waals surface area (Å²) in [6.45, 7) is 0.537. The number of methoxy groups -OCH3 is 1. The van der Waals surface area contributed by atoms with Crippen LogP contribution in [-0.2, 0) is 17.8 Å². The number of benzene rings is 1. The van der Waals surface area contributed by atoms with Crippen LogP contribution < -0.4 is 10.5 Å². The topological polar surface area (TPSA) is 68.5 Å². The van der Waals surface area contributed by atoms with Crippen molar-refractivity contribution < 1.29 is 9.53 Å². The van der Waals surface area contributed by atoms with Gasteiger partial charge in [-0.05, 0) is 17.7 Å². The van der Waals surface area contributed by atoms with Gasteiger partial charge < -0.3 is 15.4 Å². The standard InChI is InChI=1S/C14H17N3O2S/c1-17(8-10-4-3-5-12(6-10)19-2)13(18)7-11-9-20-14(15)16-11/h3-6,9H,7-8H2,1-2H3,(H2,15,16). The lowest BCUT2D eigenvalue weighted by Gasteiger charge is -2.17. The summed E-state index contributed by atoms with van der Waals surface area (Å²) in [7, 11) is 3.40. The van der Waals surface area contributed by atoms with Crippen LogP contribution in [0.1, 0.15) is 11.3 Å². The summed E-state index contributed by atoms with van der Waals surface area (Å²) in [5, 5.41) is 2.30. The molecule has 0 aliphatic carbocycles. The molecule has 106 valence electrons. The van der Waals surface area contributed by atoms with E-state index in [0.717, 1.165) is 17.0 Å². The van der Waals surface area contributed by atoms with Crippen LogP contribution in [-0.4, -0.2) is 29.9 Å². The third-order valence-electron chi connectivity index (χ3n) is 2.88. The number of amides is 1. The van der Waals surface area contributed by atoms with Crippen LogP contribution >= 0.6 is 11.3 Å². The highest BCUT2D eigenvalue weighted by molar-refractivity contribution is 7.13. The molecule has 1 amide bonds. The Morgan fingerprint density at radius 2 is 2.30 bits per heavy atom. The summed E-state index contributed by atoms with van der Waals surface area (Å²) in [6.07, 6.45) is 0.272. The molecule has 0 atom stereocenters. The van der Waals surface area contributed by atoms with Crippen LogP contribution in [0.4, 0.5) is 5.13 Å². The molecule has 0 aliphatic rings. The molecule has 2 aromatic rings. The van der Waals surface area contributed by atoms with Crippen molar-refractivity contribution >= 4 is 22.4 Å². The number of anilines is 1. The van der Waals surface area contributed by atoms with Gasteiger partial charge in [0.25, 0.3) is 0 Å². The summed E-state index contributed by atoms with van der Waals surface area (Å²) in [5.74, 6) is 0.800. The minimum atomic E-state index is 0.0121. The maximum atomic E-state index is 12.1. The summed E-state index contributed by atoms with van der Waals surface area (Å²) in [6, 6.07) is 7.68. The highest BCUT2D eigenvalue weighted by Crippen LogP contribution is 2.15. The molecule has 0 saturated heterocycles. The van der Waals surface area contributed by atoms with Crippen LogP contribution in [0.3, 0.4) is 0 Å². The Kier molecular flexibility index (Phi) is 4.57. The number of carbonyl (C=O) groups is 1. The highest BCUT2D eigenvalue weighted by atomic mass is 32.1. The second-order valence-electron chi connectivity index (χ2n) is 4.46. The van der Waals surface area contributed by atoms with Gasteiger partial charge in [0.2, 0.25) is 5.91 Å². The van der Waals surface area contributed by atoms with Crippen molar-refractivity contribution in [2.24, 2.45) is 0 Å². The Bertz CT molecular complexity index is 598. The van der Waals surface area contributed by atoms with Crippen LogP contribution in [0, 0.1) is 0 Å². The molecule has 2 rings (SSSR count). The largest absolute Gasteiger partial charge is 0.497 e. The molecule has 1 aromatic heterocycles. The maximum absolute atomic E-state index is 12.1. The van der Waals surface area contributed by atoms with Gasteiger partial charge in [-0.2, -0.15) is 0 Å². The number of ether oxygens (including phenoxy) is 1. The van der Waals surface area contributed by atoms with Crippen LogP contribution in [0.25, 0.3) is 0 Å². The van der Waals surface area contributed by atoms with Crippen molar-refractivity contribution in [3.63, 3.8) is 0 Å². The predicted octanol–water partition coefficient (Wildman–Crippen LogP) is 1.93. The molecule has 0 unspecified atom stereocenters. The first kappa shape index (κ1) is 14.3. The molecule has 20 heavy (non-hydrogen) atoms. The van der Waals surface area contributed by atoms with E-state index >= 15 is 0 Å². The molecule has 1 heterocycles. The number of rotatable bonds is 5. The van der Waals surface area contributed by atoms with Crippen molar-refractivity contribution in [2.75, 3.05) is 19.9 Å². The number of nitrogens with zero attached hydrogens (tertiary/aromatic N) is 2. The van der Waals surface area contributed by atoms with Gasteiger partial charge >= 0.3 is 0 Å². The molecule has 0 fully saturated rings. The predicted molar refractivity (Wildman–Crippen MR) is 79.7 cm³/mol. The Morgan fingerprint density at radius 1 is 1.50 bits per heavy atom. The minimum absolute atomic E-state index is 0.0121. The molecular formula is C14H17N3O2S. The fourth-order valence-corrected chi connectivity index (χ4v) is 2.39. The maximum Gasteiger partial charge on any atom is 0.228 e. The quantitative estimate of drug-likeness (QED) is 0.914. The number of hydrogen-bond donors (Lipinski definition) is 1.